The van der Waals surface area contributed by atoms with E-state index in [-0.39, 0.29) is 10.9 Å². The number of aryl methyl sites for hydroxylation is 1. The molecule has 7 heteroatoms. The molecule has 1 fully saturated rings. The fourth-order valence-corrected chi connectivity index (χ4v) is 4.49. The van der Waals surface area contributed by atoms with Crippen molar-refractivity contribution in [2.75, 3.05) is 16.6 Å². The maximum atomic E-state index is 12.2. The number of aromatic nitrogens is 1. The van der Waals surface area contributed by atoms with E-state index in [1.807, 2.05) is 30.3 Å². The number of rotatable bonds is 4. The first-order valence-electron chi connectivity index (χ1n) is 7.31. The van der Waals surface area contributed by atoms with E-state index in [1.54, 1.807) is 13.0 Å². The lowest BCUT2D eigenvalue weighted by Gasteiger charge is -2.22. The quantitative estimate of drug-likeness (QED) is 0.793. The SMILES string of the molecule is Cc1nc(Cl)cc(OCc2ccccc2)c1N1CCCS1(=O)=O. The molecule has 0 N–H and O–H groups in total. The lowest BCUT2D eigenvalue weighted by Crippen LogP contribution is -2.26. The Hall–Kier alpha value is -1.79. The summed E-state index contributed by atoms with van der Waals surface area (Å²) in [6.07, 6.45) is 0.600. The van der Waals surface area contributed by atoms with Crippen molar-refractivity contribution in [3.63, 3.8) is 0 Å². The zero-order chi connectivity index (χ0) is 16.4. The van der Waals surface area contributed by atoms with Gasteiger partial charge < -0.3 is 4.74 Å². The standard InChI is InChI=1S/C16H17ClN2O3S/c1-12-16(19-8-5-9-23(19,20)21)14(10-15(17)18-12)22-11-13-6-3-2-4-7-13/h2-4,6-7,10H,5,8-9,11H2,1H3. The predicted octanol–water partition coefficient (Wildman–Crippen LogP) is 3.16. The molecule has 0 bridgehead atoms. The van der Waals surface area contributed by atoms with Crippen molar-refractivity contribution < 1.29 is 13.2 Å². The van der Waals surface area contributed by atoms with E-state index >= 15 is 0 Å². The van der Waals surface area contributed by atoms with Crippen LogP contribution in [0.3, 0.4) is 0 Å². The Bertz CT molecular complexity index is 810. The monoisotopic (exact) mass is 352 g/mol. The van der Waals surface area contributed by atoms with E-state index in [2.05, 4.69) is 4.98 Å². The molecule has 1 aliphatic heterocycles. The summed E-state index contributed by atoms with van der Waals surface area (Å²) in [7, 11) is -3.31. The number of sulfonamides is 1. The van der Waals surface area contributed by atoms with Gasteiger partial charge in [0.05, 0.1) is 11.4 Å². The van der Waals surface area contributed by atoms with Gasteiger partial charge in [0, 0.05) is 12.6 Å². The largest absolute Gasteiger partial charge is 0.487 e. The smallest absolute Gasteiger partial charge is 0.235 e. The zero-order valence-electron chi connectivity index (χ0n) is 12.7. The van der Waals surface area contributed by atoms with Crippen molar-refractivity contribution in [3.8, 4) is 5.75 Å². The van der Waals surface area contributed by atoms with Crippen LogP contribution in [0.25, 0.3) is 0 Å². The van der Waals surface area contributed by atoms with Crippen molar-refractivity contribution >= 4 is 27.3 Å². The number of halogens is 1. The Morgan fingerprint density at radius 2 is 2.04 bits per heavy atom. The summed E-state index contributed by atoms with van der Waals surface area (Å²) in [5.74, 6) is 0.588. The lowest BCUT2D eigenvalue weighted by molar-refractivity contribution is 0.306. The molecule has 23 heavy (non-hydrogen) atoms. The third-order valence-electron chi connectivity index (χ3n) is 3.69. The molecule has 0 aliphatic carbocycles. The molecule has 1 aliphatic rings. The zero-order valence-corrected chi connectivity index (χ0v) is 14.3. The van der Waals surface area contributed by atoms with Crippen LogP contribution in [-0.4, -0.2) is 25.7 Å². The molecule has 0 atom stereocenters. The Morgan fingerprint density at radius 3 is 2.70 bits per heavy atom. The number of anilines is 1. The first kappa shape index (κ1) is 16.1. The third kappa shape index (κ3) is 3.43. The van der Waals surface area contributed by atoms with Gasteiger partial charge >= 0.3 is 0 Å². The van der Waals surface area contributed by atoms with Gasteiger partial charge in [0.1, 0.15) is 23.2 Å². The van der Waals surface area contributed by atoms with E-state index in [4.69, 9.17) is 16.3 Å². The molecule has 0 spiro atoms. The van der Waals surface area contributed by atoms with Crippen molar-refractivity contribution in [3.05, 3.63) is 52.8 Å². The van der Waals surface area contributed by atoms with Crippen LogP contribution >= 0.6 is 11.6 Å². The average molecular weight is 353 g/mol. The maximum Gasteiger partial charge on any atom is 0.235 e. The Kier molecular flexibility index (Phi) is 4.46. The fraction of sp³-hybridized carbons (Fsp3) is 0.312. The molecular formula is C16H17ClN2O3S. The summed E-state index contributed by atoms with van der Waals surface area (Å²) in [5.41, 5.74) is 2.03. The first-order chi connectivity index (χ1) is 11.0. The summed E-state index contributed by atoms with van der Waals surface area (Å²) < 4.78 is 31.7. The molecule has 2 heterocycles. The number of hydrogen-bond acceptors (Lipinski definition) is 4. The highest BCUT2D eigenvalue weighted by Gasteiger charge is 2.32. The summed E-state index contributed by atoms with van der Waals surface area (Å²) in [4.78, 5) is 4.18. The second-order valence-electron chi connectivity index (χ2n) is 5.39. The highest BCUT2D eigenvalue weighted by atomic mass is 35.5. The first-order valence-corrected chi connectivity index (χ1v) is 9.30. The van der Waals surface area contributed by atoms with Gasteiger partial charge in [0.2, 0.25) is 10.0 Å². The van der Waals surface area contributed by atoms with Crippen molar-refractivity contribution in [2.45, 2.75) is 20.0 Å². The van der Waals surface area contributed by atoms with Gasteiger partial charge in [-0.15, -0.1) is 0 Å². The Balaban J connectivity index is 1.96. The topological polar surface area (TPSA) is 59.5 Å². The molecule has 1 aromatic heterocycles. The normalized spacial score (nSPS) is 16.5. The molecule has 0 amide bonds. The van der Waals surface area contributed by atoms with Crippen molar-refractivity contribution in [2.24, 2.45) is 0 Å². The van der Waals surface area contributed by atoms with Gasteiger partial charge in [-0.05, 0) is 18.9 Å². The minimum atomic E-state index is -3.31. The molecule has 0 unspecified atom stereocenters. The van der Waals surface area contributed by atoms with Crippen LogP contribution < -0.4 is 9.04 Å². The van der Waals surface area contributed by atoms with Crippen LogP contribution in [0.4, 0.5) is 5.69 Å². The van der Waals surface area contributed by atoms with Gasteiger partial charge in [0.15, 0.2) is 0 Å². The molecular weight excluding hydrogens is 336 g/mol. The molecule has 1 saturated heterocycles. The van der Waals surface area contributed by atoms with Crippen LogP contribution in [0.5, 0.6) is 5.75 Å². The molecule has 0 radical (unpaired) electrons. The average Bonchev–Trinajstić information content (AvgIpc) is 2.85. The van der Waals surface area contributed by atoms with Gasteiger partial charge in [-0.1, -0.05) is 41.9 Å². The minimum Gasteiger partial charge on any atom is -0.487 e. The van der Waals surface area contributed by atoms with Crippen LogP contribution in [0.15, 0.2) is 36.4 Å². The van der Waals surface area contributed by atoms with E-state index in [0.717, 1.165) is 5.56 Å². The minimum absolute atomic E-state index is 0.146. The Labute approximate surface area is 140 Å². The molecule has 122 valence electrons. The predicted molar refractivity (Wildman–Crippen MR) is 90.5 cm³/mol. The number of hydrogen-bond donors (Lipinski definition) is 0. The summed E-state index contributed by atoms with van der Waals surface area (Å²) in [5, 5.41) is 0.283. The molecule has 5 nitrogen and oxygen atoms in total. The van der Waals surface area contributed by atoms with Crippen LogP contribution in [0, 0.1) is 6.92 Å². The number of nitrogens with zero attached hydrogens (tertiary/aromatic N) is 2. The second kappa shape index (κ2) is 6.37. The fourth-order valence-electron chi connectivity index (χ4n) is 2.64. The highest BCUT2D eigenvalue weighted by molar-refractivity contribution is 7.93. The lowest BCUT2D eigenvalue weighted by atomic mass is 10.2. The summed E-state index contributed by atoms with van der Waals surface area (Å²) >= 11 is 6.02. The highest BCUT2D eigenvalue weighted by Crippen LogP contribution is 2.37. The van der Waals surface area contributed by atoms with E-state index < -0.39 is 10.0 Å². The molecule has 1 aromatic carbocycles. The number of benzene rings is 1. The Morgan fingerprint density at radius 1 is 1.30 bits per heavy atom. The van der Waals surface area contributed by atoms with Crippen LogP contribution in [-0.2, 0) is 16.6 Å². The van der Waals surface area contributed by atoms with Gasteiger partial charge in [-0.25, -0.2) is 13.4 Å². The number of ether oxygens (including phenoxy) is 1. The molecule has 0 saturated carbocycles. The summed E-state index contributed by atoms with van der Waals surface area (Å²) in [6, 6.07) is 11.2. The van der Waals surface area contributed by atoms with Crippen molar-refractivity contribution in [1.82, 2.24) is 4.98 Å². The van der Waals surface area contributed by atoms with Crippen LogP contribution in [0.1, 0.15) is 17.7 Å². The van der Waals surface area contributed by atoms with Crippen molar-refractivity contribution in [1.29, 1.82) is 0 Å². The van der Waals surface area contributed by atoms with Gasteiger partial charge in [-0.3, -0.25) is 4.31 Å². The van der Waals surface area contributed by atoms with Gasteiger partial charge in [-0.2, -0.15) is 0 Å². The second-order valence-corrected chi connectivity index (χ2v) is 7.79. The maximum absolute atomic E-state index is 12.2. The third-order valence-corrected chi connectivity index (χ3v) is 5.72. The van der Waals surface area contributed by atoms with Crippen LogP contribution in [0.2, 0.25) is 5.15 Å². The van der Waals surface area contributed by atoms with E-state index in [1.165, 1.54) is 4.31 Å². The van der Waals surface area contributed by atoms with E-state index in [0.29, 0.717) is 36.7 Å². The molecule has 2 aromatic rings. The molecule has 3 rings (SSSR count). The van der Waals surface area contributed by atoms with Gasteiger partial charge in [0.25, 0.3) is 0 Å². The van der Waals surface area contributed by atoms with E-state index in [9.17, 15) is 8.42 Å². The summed E-state index contributed by atoms with van der Waals surface area (Å²) in [6.45, 7) is 2.51. The number of pyridine rings is 1.